The van der Waals surface area contributed by atoms with E-state index in [4.69, 9.17) is 9.84 Å². The van der Waals surface area contributed by atoms with Gasteiger partial charge in [0, 0.05) is 19.5 Å². The van der Waals surface area contributed by atoms with Crippen LogP contribution in [0.25, 0.3) is 0 Å². The van der Waals surface area contributed by atoms with Gasteiger partial charge in [-0.2, -0.15) is 0 Å². The summed E-state index contributed by atoms with van der Waals surface area (Å²) in [6, 6.07) is 7.58. The van der Waals surface area contributed by atoms with Crippen molar-refractivity contribution in [2.75, 3.05) is 13.1 Å². The van der Waals surface area contributed by atoms with Crippen LogP contribution in [-0.2, 0) is 9.59 Å². The lowest BCUT2D eigenvalue weighted by Gasteiger charge is -2.22. The van der Waals surface area contributed by atoms with E-state index in [1.54, 1.807) is 11.8 Å². The Labute approximate surface area is 124 Å². The van der Waals surface area contributed by atoms with Crippen molar-refractivity contribution in [1.82, 2.24) is 4.90 Å². The van der Waals surface area contributed by atoms with E-state index >= 15 is 0 Å². The Morgan fingerprint density at radius 1 is 1.48 bits per heavy atom. The number of carboxylic acid groups (broad SMARTS) is 1. The fraction of sp³-hybridized carbons (Fsp3) is 0.500. The largest absolute Gasteiger partial charge is 0.481 e. The molecular formula is C16H21NO4. The molecule has 2 atom stereocenters. The molecule has 1 aromatic rings. The molecule has 0 spiro atoms. The summed E-state index contributed by atoms with van der Waals surface area (Å²) in [5, 5.41) is 8.80. The van der Waals surface area contributed by atoms with Gasteiger partial charge in [-0.05, 0) is 43.9 Å². The van der Waals surface area contributed by atoms with Gasteiger partial charge in [-0.15, -0.1) is 0 Å². The molecule has 1 heterocycles. The summed E-state index contributed by atoms with van der Waals surface area (Å²) in [7, 11) is 0. The van der Waals surface area contributed by atoms with Gasteiger partial charge < -0.3 is 14.7 Å². The number of aliphatic carboxylic acids is 1. The van der Waals surface area contributed by atoms with Crippen molar-refractivity contribution < 1.29 is 19.4 Å². The highest BCUT2D eigenvalue weighted by Crippen LogP contribution is 2.21. The molecule has 1 fully saturated rings. The molecule has 0 radical (unpaired) electrons. The molecule has 0 bridgehead atoms. The van der Waals surface area contributed by atoms with Gasteiger partial charge in [0.15, 0.2) is 6.10 Å². The van der Waals surface area contributed by atoms with Crippen molar-refractivity contribution in [2.45, 2.75) is 32.8 Å². The van der Waals surface area contributed by atoms with Gasteiger partial charge in [-0.25, -0.2) is 0 Å². The molecule has 1 aliphatic rings. The van der Waals surface area contributed by atoms with Gasteiger partial charge in [0.1, 0.15) is 5.75 Å². The third kappa shape index (κ3) is 4.21. The number of benzene rings is 1. The lowest BCUT2D eigenvalue weighted by atomic mass is 10.1. The van der Waals surface area contributed by atoms with E-state index in [-0.39, 0.29) is 18.2 Å². The molecule has 1 N–H and O–H groups in total. The average Bonchev–Trinajstić information content (AvgIpc) is 2.85. The van der Waals surface area contributed by atoms with Crippen molar-refractivity contribution in [3.05, 3.63) is 29.8 Å². The van der Waals surface area contributed by atoms with Crippen LogP contribution in [0, 0.1) is 12.8 Å². The zero-order chi connectivity index (χ0) is 15.4. The minimum Gasteiger partial charge on any atom is -0.481 e. The molecule has 0 aliphatic carbocycles. The normalized spacial score (nSPS) is 19.3. The van der Waals surface area contributed by atoms with Gasteiger partial charge in [0.05, 0.1) is 0 Å². The number of carboxylic acids is 1. The van der Waals surface area contributed by atoms with Crippen molar-refractivity contribution in [3.63, 3.8) is 0 Å². The van der Waals surface area contributed by atoms with Crippen LogP contribution in [0.2, 0.25) is 0 Å². The summed E-state index contributed by atoms with van der Waals surface area (Å²) in [4.78, 5) is 24.7. The molecular weight excluding hydrogens is 270 g/mol. The molecule has 1 aromatic carbocycles. The van der Waals surface area contributed by atoms with E-state index in [1.165, 1.54) is 0 Å². The Hall–Kier alpha value is -2.04. The van der Waals surface area contributed by atoms with Crippen LogP contribution < -0.4 is 4.74 Å². The predicted molar refractivity (Wildman–Crippen MR) is 78.2 cm³/mol. The number of likely N-dealkylation sites (tertiary alicyclic amines) is 1. The van der Waals surface area contributed by atoms with Gasteiger partial charge >= 0.3 is 5.97 Å². The van der Waals surface area contributed by atoms with Crippen LogP contribution in [0.1, 0.15) is 25.3 Å². The van der Waals surface area contributed by atoms with Crippen LogP contribution in [-0.4, -0.2) is 41.1 Å². The minimum atomic E-state index is -0.807. The van der Waals surface area contributed by atoms with Gasteiger partial charge in [0.2, 0.25) is 0 Å². The molecule has 2 rings (SSSR count). The number of carbonyl (C=O) groups excluding carboxylic acids is 1. The van der Waals surface area contributed by atoms with Crippen LogP contribution in [0.15, 0.2) is 24.3 Å². The topological polar surface area (TPSA) is 66.8 Å². The Kier molecular flexibility index (Phi) is 4.83. The molecule has 5 heteroatoms. The fourth-order valence-corrected chi connectivity index (χ4v) is 2.65. The number of ether oxygens (including phenoxy) is 1. The van der Waals surface area contributed by atoms with E-state index in [2.05, 4.69) is 0 Å². The van der Waals surface area contributed by atoms with Crippen molar-refractivity contribution >= 4 is 11.9 Å². The smallest absolute Gasteiger partial charge is 0.303 e. The Bertz CT molecular complexity index is 529. The number of hydrogen-bond acceptors (Lipinski definition) is 3. The lowest BCUT2D eigenvalue weighted by molar-refractivity contribution is -0.139. The fourth-order valence-electron chi connectivity index (χ4n) is 2.65. The number of carbonyl (C=O) groups is 2. The second-order valence-corrected chi connectivity index (χ2v) is 5.61. The molecule has 5 nitrogen and oxygen atoms in total. The molecule has 0 aromatic heterocycles. The Morgan fingerprint density at radius 3 is 2.90 bits per heavy atom. The van der Waals surface area contributed by atoms with Crippen LogP contribution in [0.3, 0.4) is 0 Å². The first-order valence-corrected chi connectivity index (χ1v) is 7.19. The van der Waals surface area contributed by atoms with E-state index in [9.17, 15) is 9.59 Å². The lowest BCUT2D eigenvalue weighted by Crippen LogP contribution is -2.39. The standard InChI is InChI=1S/C16H21NO4/c1-11-4-3-5-14(8-11)21-12(2)16(20)17-7-6-13(10-17)9-15(18)19/h3-5,8,12-13H,6-7,9-10H2,1-2H3,(H,18,19). The minimum absolute atomic E-state index is 0.0534. The van der Waals surface area contributed by atoms with Crippen molar-refractivity contribution in [1.29, 1.82) is 0 Å². The average molecular weight is 291 g/mol. The highest BCUT2D eigenvalue weighted by Gasteiger charge is 2.30. The summed E-state index contributed by atoms with van der Waals surface area (Å²) in [6.45, 7) is 4.82. The number of amides is 1. The van der Waals surface area contributed by atoms with E-state index in [0.29, 0.717) is 18.8 Å². The van der Waals surface area contributed by atoms with Crippen LogP contribution in [0.5, 0.6) is 5.75 Å². The zero-order valence-corrected chi connectivity index (χ0v) is 12.4. The van der Waals surface area contributed by atoms with E-state index in [1.807, 2.05) is 31.2 Å². The molecule has 1 aliphatic heterocycles. The molecule has 114 valence electrons. The predicted octanol–water partition coefficient (Wildman–Crippen LogP) is 2.09. The first-order valence-electron chi connectivity index (χ1n) is 7.19. The molecule has 0 saturated carbocycles. The Morgan fingerprint density at radius 2 is 2.24 bits per heavy atom. The number of nitrogens with zero attached hydrogens (tertiary/aromatic N) is 1. The monoisotopic (exact) mass is 291 g/mol. The highest BCUT2D eigenvalue weighted by atomic mass is 16.5. The van der Waals surface area contributed by atoms with Crippen molar-refractivity contribution in [3.8, 4) is 5.75 Å². The maximum Gasteiger partial charge on any atom is 0.303 e. The zero-order valence-electron chi connectivity index (χ0n) is 12.4. The quantitative estimate of drug-likeness (QED) is 0.902. The second kappa shape index (κ2) is 6.61. The second-order valence-electron chi connectivity index (χ2n) is 5.61. The summed E-state index contributed by atoms with van der Waals surface area (Å²) in [6.07, 6.45) is 0.307. The van der Waals surface area contributed by atoms with Crippen molar-refractivity contribution in [2.24, 2.45) is 5.92 Å². The summed E-state index contributed by atoms with van der Waals surface area (Å²) >= 11 is 0. The molecule has 1 saturated heterocycles. The number of hydrogen-bond donors (Lipinski definition) is 1. The number of rotatable bonds is 5. The van der Waals surface area contributed by atoms with Gasteiger partial charge in [-0.1, -0.05) is 12.1 Å². The summed E-state index contributed by atoms with van der Waals surface area (Å²) < 4.78 is 5.68. The molecule has 1 amide bonds. The third-order valence-electron chi connectivity index (χ3n) is 3.71. The highest BCUT2D eigenvalue weighted by molar-refractivity contribution is 5.81. The van der Waals surface area contributed by atoms with E-state index in [0.717, 1.165) is 12.0 Å². The van der Waals surface area contributed by atoms with E-state index < -0.39 is 12.1 Å². The van der Waals surface area contributed by atoms with Crippen LogP contribution in [0.4, 0.5) is 0 Å². The number of aryl methyl sites for hydroxylation is 1. The van der Waals surface area contributed by atoms with Crippen LogP contribution >= 0.6 is 0 Å². The summed E-state index contributed by atoms with van der Waals surface area (Å²) in [5.41, 5.74) is 1.08. The SMILES string of the molecule is Cc1cccc(OC(C)C(=O)N2CCC(CC(=O)O)C2)c1. The van der Waals surface area contributed by atoms with Gasteiger partial charge in [-0.3, -0.25) is 9.59 Å². The first kappa shape index (κ1) is 15.4. The maximum atomic E-state index is 12.3. The molecule has 21 heavy (non-hydrogen) atoms. The summed E-state index contributed by atoms with van der Waals surface area (Å²) in [5.74, 6) is -0.155. The Balaban J connectivity index is 1.90. The third-order valence-corrected chi connectivity index (χ3v) is 3.71. The van der Waals surface area contributed by atoms with Gasteiger partial charge in [0.25, 0.3) is 5.91 Å². The maximum absolute atomic E-state index is 12.3. The molecule has 2 unspecified atom stereocenters. The first-order chi connectivity index (χ1) is 9.95.